The molecular weight excluding hydrogens is 1320 g/mol. The number of rotatable bonds is 18. The van der Waals surface area contributed by atoms with Gasteiger partial charge in [0.2, 0.25) is 34.4 Å². The molecule has 0 aliphatic rings. The average Bonchev–Trinajstić information content (AvgIpc) is 0.812. The number of anilines is 8. The van der Waals surface area contributed by atoms with Crippen LogP contribution in [0.4, 0.5) is 69.3 Å². The Labute approximate surface area is 498 Å². The van der Waals surface area contributed by atoms with Crippen molar-refractivity contribution in [2.75, 3.05) is 27.9 Å². The largest absolute Gasteiger partial charge is 0.506 e. The van der Waals surface area contributed by atoms with Gasteiger partial charge < -0.3 is 31.1 Å². The van der Waals surface area contributed by atoms with Crippen molar-refractivity contribution in [1.29, 1.82) is 0 Å². The van der Waals surface area contributed by atoms with Crippen LogP contribution in [-0.4, -0.2) is 125 Å². The third-order valence-corrected chi connectivity index (χ3v) is 17.3. The Morgan fingerprint density at radius 1 is 0.437 bits per heavy atom. The number of nitrogens with one attached hydrogen (secondary N) is 3. The summed E-state index contributed by atoms with van der Waals surface area (Å²) < 4.78 is 211. The van der Waals surface area contributed by atoms with Crippen LogP contribution in [0.25, 0.3) is 21.5 Å². The molecule has 9 aromatic rings. The molecule has 42 heteroatoms. The van der Waals surface area contributed by atoms with Gasteiger partial charge in [-0.3, -0.25) is 27.3 Å². The van der Waals surface area contributed by atoms with E-state index in [9.17, 15) is 88.0 Å². The summed E-state index contributed by atoms with van der Waals surface area (Å²) in [5.74, 6) is -3.85. The van der Waals surface area contributed by atoms with Crippen molar-refractivity contribution in [2.45, 2.75) is 29.4 Å². The first-order valence-corrected chi connectivity index (χ1v) is 32.4. The van der Waals surface area contributed by atoms with E-state index in [2.05, 4.69) is 66.3 Å². The lowest BCUT2D eigenvalue weighted by molar-refractivity contribution is 0.469. The van der Waals surface area contributed by atoms with Crippen LogP contribution in [0.15, 0.2) is 159 Å². The number of halogens is 2. The average molecular weight is 1350 g/mol. The fraction of sp³-hybridized carbons (Fsp3) is 0.0222. The minimum absolute atomic E-state index is 0.206. The van der Waals surface area contributed by atoms with E-state index in [1.807, 2.05) is 0 Å². The van der Waals surface area contributed by atoms with Crippen molar-refractivity contribution < 1.29 is 88.0 Å². The van der Waals surface area contributed by atoms with Gasteiger partial charge in [0.15, 0.2) is 0 Å². The van der Waals surface area contributed by atoms with Crippen LogP contribution in [0, 0.1) is 0 Å². The molecule has 2 aromatic heterocycles. The predicted molar refractivity (Wildman–Crippen MR) is 305 cm³/mol. The number of hydrogen-bond donors (Lipinski definition) is 11. The molecule has 34 nitrogen and oxygen atoms in total. The highest BCUT2D eigenvalue weighted by Crippen LogP contribution is 2.47. The van der Waals surface area contributed by atoms with Gasteiger partial charge in [0.1, 0.15) is 53.8 Å². The van der Waals surface area contributed by atoms with Gasteiger partial charge in [-0.2, -0.15) is 80.4 Å². The second kappa shape index (κ2) is 23.1. The van der Waals surface area contributed by atoms with Crippen LogP contribution in [0.5, 0.6) is 11.5 Å². The van der Waals surface area contributed by atoms with Gasteiger partial charge in [0.05, 0.1) is 21.2 Å². The van der Waals surface area contributed by atoms with Crippen LogP contribution in [0.3, 0.4) is 0 Å². The molecule has 7 aromatic carbocycles. The number of fused-ring (bicyclic) bond motifs is 2. The standard InChI is InChI=1S/C45H32Cl2N14O20S6/c1-61(45-54-41(47)53-44(56-45)50-29-19-25(83(67,68)69)15-21-17-31(63)37(39(35(21)29)87(79,80)81)60-58-27-7-3-5-9-33(27)85(73,74)75)23-12-10-22(11-13-23)48-42-51-40(46)52-43(55-42)49-28-18-24(82(64,65)66)14-20-16-30(62)36(38(34(20)28)86(76,77)78)59-57-26-6-2-4-8-32(26)84(70,71)72/h2-19,62-63H,1H3,(H,64,65,66)(H,67,68,69)(H,70,71,72)(H,73,74,75)(H,76,77,78)(H,79,80,81)(H,50,53,54,56)(H2,48,49,51,52,55). The number of phenols is 2. The van der Waals surface area contributed by atoms with Gasteiger partial charge in [-0.05, 0) is 119 Å². The monoisotopic (exact) mass is 1350 g/mol. The van der Waals surface area contributed by atoms with Crippen LogP contribution in [0.1, 0.15) is 0 Å². The zero-order chi connectivity index (χ0) is 63.5. The van der Waals surface area contributed by atoms with Gasteiger partial charge in [-0.15, -0.1) is 20.5 Å². The summed E-state index contributed by atoms with van der Waals surface area (Å²) >= 11 is 12.6. The van der Waals surface area contributed by atoms with E-state index in [1.165, 1.54) is 60.5 Å². The summed E-state index contributed by atoms with van der Waals surface area (Å²) in [4.78, 5) is 19.9. The molecule has 0 saturated heterocycles. The predicted octanol–water partition coefficient (Wildman–Crippen LogP) is 8.39. The van der Waals surface area contributed by atoms with Crippen molar-refractivity contribution in [1.82, 2.24) is 29.9 Å². The quantitative estimate of drug-likeness (QED) is 0.0283. The first kappa shape index (κ1) is 62.6. The topological polar surface area (TPSA) is 533 Å². The Kier molecular flexibility index (Phi) is 16.6. The molecule has 0 aliphatic heterocycles. The Hall–Kier alpha value is -8.88. The third-order valence-electron chi connectivity index (χ3n) is 11.7. The molecule has 0 spiro atoms. The number of phenolic OH excluding ortho intramolecular Hbond substituents is 2. The highest BCUT2D eigenvalue weighted by Gasteiger charge is 2.31. The molecule has 87 heavy (non-hydrogen) atoms. The van der Waals surface area contributed by atoms with Crippen molar-refractivity contribution in [3.8, 4) is 11.5 Å². The Morgan fingerprint density at radius 3 is 1.23 bits per heavy atom. The van der Waals surface area contributed by atoms with Gasteiger partial charge >= 0.3 is 0 Å². The summed E-state index contributed by atoms with van der Waals surface area (Å²) in [5.41, 5.74) is -3.89. The van der Waals surface area contributed by atoms with E-state index in [0.29, 0.717) is 24.3 Å². The molecule has 0 bridgehead atoms. The fourth-order valence-electron chi connectivity index (χ4n) is 8.08. The molecule has 0 unspecified atom stereocenters. The maximum Gasteiger partial charge on any atom is 0.297 e. The first-order chi connectivity index (χ1) is 40.4. The van der Waals surface area contributed by atoms with Gasteiger partial charge in [0.25, 0.3) is 60.7 Å². The Morgan fingerprint density at radius 2 is 0.828 bits per heavy atom. The molecule has 11 N–H and O–H groups in total. The SMILES string of the molecule is CN(c1ccc(Nc2nc(Cl)nc(Nc3cc(S(=O)(=O)O)cc4cc(O)c(N=Nc5ccccc5S(=O)(=O)O)c(S(=O)(=O)O)c34)n2)cc1)c1nc(Cl)nc(Nc2cc(S(=O)(=O)O)cc3cc(O)c(N=Nc4ccccc4S(=O)(=O)O)c(S(=O)(=O)O)c23)n1. The third kappa shape index (κ3) is 13.9. The normalized spacial score (nSPS) is 12.7. The summed E-state index contributed by atoms with van der Waals surface area (Å²) in [6.45, 7) is 0. The number of aromatic hydroxyl groups is 2. The van der Waals surface area contributed by atoms with E-state index >= 15 is 0 Å². The van der Waals surface area contributed by atoms with Crippen molar-refractivity contribution >= 4 is 175 Å². The lowest BCUT2D eigenvalue weighted by atomic mass is 10.1. The second-order valence-corrected chi connectivity index (χ2v) is 26.4. The first-order valence-electron chi connectivity index (χ1n) is 23.0. The van der Waals surface area contributed by atoms with Crippen molar-refractivity contribution in [3.05, 3.63) is 120 Å². The minimum atomic E-state index is -5.56. The molecule has 0 fully saturated rings. The van der Waals surface area contributed by atoms with Crippen molar-refractivity contribution in [3.63, 3.8) is 0 Å². The zero-order valence-corrected chi connectivity index (χ0v) is 48.9. The molecule has 9 rings (SSSR count). The lowest BCUT2D eigenvalue weighted by Crippen LogP contribution is -2.15. The van der Waals surface area contributed by atoms with Crippen LogP contribution >= 0.6 is 23.2 Å². The minimum Gasteiger partial charge on any atom is -0.506 e. The maximum atomic E-state index is 13.2. The van der Waals surface area contributed by atoms with Gasteiger partial charge in [-0.25, -0.2) is 0 Å². The van der Waals surface area contributed by atoms with Gasteiger partial charge in [0, 0.05) is 29.2 Å². The van der Waals surface area contributed by atoms with E-state index in [4.69, 9.17) is 23.2 Å². The summed E-state index contributed by atoms with van der Waals surface area (Å²) in [6, 6.07) is 19.0. The van der Waals surface area contributed by atoms with Crippen LogP contribution in [-0.2, 0) is 60.7 Å². The molecule has 0 radical (unpaired) electrons. The van der Waals surface area contributed by atoms with E-state index in [-0.39, 0.29) is 23.3 Å². The number of nitrogens with zero attached hydrogens (tertiary/aromatic N) is 11. The van der Waals surface area contributed by atoms with Gasteiger partial charge in [-0.1, -0.05) is 24.3 Å². The van der Waals surface area contributed by atoms with Crippen molar-refractivity contribution in [2.24, 2.45) is 20.5 Å². The fourth-order valence-corrected chi connectivity index (χ4v) is 12.5. The molecule has 0 atom stereocenters. The van der Waals surface area contributed by atoms with E-state index < -0.39 is 180 Å². The number of benzene rings is 7. The molecular formula is C45H32Cl2N14O20S6. The zero-order valence-electron chi connectivity index (χ0n) is 42.5. The summed E-state index contributed by atoms with van der Waals surface area (Å²) in [6.07, 6.45) is 0. The number of azo groups is 2. The highest BCUT2D eigenvalue weighted by molar-refractivity contribution is 7.87. The molecule has 0 saturated carbocycles. The Balaban J connectivity index is 1.04. The maximum absolute atomic E-state index is 13.2. The molecule has 0 aliphatic carbocycles. The highest BCUT2D eigenvalue weighted by atomic mass is 35.5. The molecule has 2 heterocycles. The number of aromatic nitrogens is 6. The van der Waals surface area contributed by atoms with E-state index in [1.54, 1.807) is 0 Å². The molecule has 452 valence electrons. The van der Waals surface area contributed by atoms with Crippen LogP contribution in [0.2, 0.25) is 10.6 Å². The number of hydrogen-bond acceptors (Lipinski definition) is 28. The Bertz CT molecular complexity index is 5180. The molecule has 0 amide bonds. The summed E-state index contributed by atoms with van der Waals surface area (Å²) in [5, 5.41) is 41.3. The van der Waals surface area contributed by atoms with E-state index in [0.717, 1.165) is 36.4 Å². The second-order valence-electron chi connectivity index (χ2n) is 17.4. The van der Waals surface area contributed by atoms with Crippen LogP contribution < -0.4 is 20.9 Å². The smallest absolute Gasteiger partial charge is 0.297 e. The lowest BCUT2D eigenvalue weighted by Gasteiger charge is -2.19. The summed E-state index contributed by atoms with van der Waals surface area (Å²) in [7, 11) is -29.8.